The maximum atomic E-state index is 12.9. The van der Waals surface area contributed by atoms with Gasteiger partial charge in [0.1, 0.15) is 11.5 Å². The smallest absolute Gasteiger partial charge is 0.262 e. The number of fused-ring (bicyclic) bond motifs is 1. The zero-order valence-electron chi connectivity index (χ0n) is 16.1. The molecule has 0 atom stereocenters. The van der Waals surface area contributed by atoms with Crippen LogP contribution in [0, 0.1) is 6.92 Å². The monoisotopic (exact) mass is 463 g/mol. The highest BCUT2D eigenvalue weighted by Crippen LogP contribution is 2.21. The summed E-state index contributed by atoms with van der Waals surface area (Å²) in [6.45, 7) is 4.86. The van der Waals surface area contributed by atoms with E-state index in [0.29, 0.717) is 29.1 Å². The fraction of sp³-hybridized carbons (Fsp3) is 0.350. The lowest BCUT2D eigenvalue weighted by Crippen LogP contribution is -2.28. The van der Waals surface area contributed by atoms with E-state index in [1.165, 1.54) is 11.8 Å². The van der Waals surface area contributed by atoms with Gasteiger partial charge in [-0.15, -0.1) is 0 Å². The molecule has 3 aromatic rings. The molecule has 0 N–H and O–H groups in total. The third-order valence-corrected chi connectivity index (χ3v) is 5.72. The third-order valence-electron chi connectivity index (χ3n) is 4.27. The van der Waals surface area contributed by atoms with Crippen LogP contribution in [0.25, 0.3) is 10.9 Å². The fourth-order valence-corrected chi connectivity index (χ4v) is 4.16. The Morgan fingerprint density at radius 2 is 2.11 bits per heavy atom. The molecule has 0 aliphatic heterocycles. The van der Waals surface area contributed by atoms with Gasteiger partial charge in [0.05, 0.1) is 23.2 Å². The van der Waals surface area contributed by atoms with Crippen LogP contribution in [0.5, 0.6) is 0 Å². The number of nitrogens with zero attached hydrogens (tertiary/aromatic N) is 3. The van der Waals surface area contributed by atoms with Crippen LogP contribution in [0.15, 0.2) is 49.2 Å². The molecule has 0 saturated heterocycles. The standard InChI is InChI=1S/C20H22BrN3O3S/c1-4-9-24-19(26)16-10-14(21)6-8-17(16)22-20(24)28-12-18(25)23(3)11-15-7-5-13(2)27-15/h5-8,10H,4,9,11-12H2,1-3H3. The molecule has 0 aliphatic carbocycles. The molecule has 2 heterocycles. The van der Waals surface area contributed by atoms with Gasteiger partial charge in [-0.1, -0.05) is 34.6 Å². The number of thioether (sulfide) groups is 1. The molecule has 0 radical (unpaired) electrons. The van der Waals surface area contributed by atoms with E-state index in [-0.39, 0.29) is 17.2 Å². The molecule has 0 spiro atoms. The van der Waals surface area contributed by atoms with Gasteiger partial charge in [0, 0.05) is 18.1 Å². The number of hydrogen-bond acceptors (Lipinski definition) is 5. The van der Waals surface area contributed by atoms with Crippen molar-refractivity contribution in [1.29, 1.82) is 0 Å². The van der Waals surface area contributed by atoms with Crippen LogP contribution in [-0.4, -0.2) is 33.2 Å². The molecule has 3 rings (SSSR count). The Labute approximate surface area is 176 Å². The maximum Gasteiger partial charge on any atom is 0.262 e. The van der Waals surface area contributed by atoms with E-state index in [9.17, 15) is 9.59 Å². The molecule has 28 heavy (non-hydrogen) atoms. The number of halogens is 1. The van der Waals surface area contributed by atoms with Crippen molar-refractivity contribution in [3.8, 4) is 0 Å². The Hall–Kier alpha value is -2.06. The summed E-state index contributed by atoms with van der Waals surface area (Å²) >= 11 is 4.69. The van der Waals surface area contributed by atoms with E-state index < -0.39 is 0 Å². The van der Waals surface area contributed by atoms with E-state index in [4.69, 9.17) is 4.42 Å². The summed E-state index contributed by atoms with van der Waals surface area (Å²) in [6.07, 6.45) is 0.806. The zero-order valence-corrected chi connectivity index (χ0v) is 18.5. The van der Waals surface area contributed by atoms with Crippen LogP contribution in [-0.2, 0) is 17.9 Å². The van der Waals surface area contributed by atoms with Crippen molar-refractivity contribution in [1.82, 2.24) is 14.5 Å². The second-order valence-electron chi connectivity index (χ2n) is 6.56. The first-order valence-corrected chi connectivity index (χ1v) is 10.8. The van der Waals surface area contributed by atoms with Crippen molar-refractivity contribution in [2.45, 2.75) is 38.5 Å². The first-order valence-electron chi connectivity index (χ1n) is 9.01. The van der Waals surface area contributed by atoms with E-state index in [0.717, 1.165) is 22.4 Å². The van der Waals surface area contributed by atoms with Gasteiger partial charge in [-0.3, -0.25) is 14.2 Å². The number of aromatic nitrogens is 2. The number of furan rings is 1. The molecule has 1 aromatic carbocycles. The van der Waals surface area contributed by atoms with Crippen molar-refractivity contribution in [3.05, 3.63) is 56.7 Å². The van der Waals surface area contributed by atoms with E-state index in [1.54, 1.807) is 22.6 Å². The Balaban J connectivity index is 1.79. The fourth-order valence-electron chi connectivity index (χ4n) is 2.83. The first-order chi connectivity index (χ1) is 13.4. The highest BCUT2D eigenvalue weighted by Gasteiger charge is 2.16. The molecule has 0 aliphatic rings. The summed E-state index contributed by atoms with van der Waals surface area (Å²) < 4.78 is 8.02. The number of aryl methyl sites for hydroxylation is 1. The molecular formula is C20H22BrN3O3S. The lowest BCUT2D eigenvalue weighted by molar-refractivity contribution is -0.127. The van der Waals surface area contributed by atoms with Gasteiger partial charge in [0.2, 0.25) is 5.91 Å². The van der Waals surface area contributed by atoms with Crippen molar-refractivity contribution in [3.63, 3.8) is 0 Å². The molecule has 0 saturated carbocycles. The molecule has 0 fully saturated rings. The Kier molecular flexibility index (Phi) is 6.61. The molecular weight excluding hydrogens is 442 g/mol. The normalized spacial score (nSPS) is 11.1. The van der Waals surface area contributed by atoms with Crippen LogP contribution < -0.4 is 5.56 Å². The third kappa shape index (κ3) is 4.67. The lowest BCUT2D eigenvalue weighted by Gasteiger charge is -2.16. The van der Waals surface area contributed by atoms with Gasteiger partial charge in [-0.05, 0) is 43.7 Å². The van der Waals surface area contributed by atoms with Crippen LogP contribution in [0.2, 0.25) is 0 Å². The van der Waals surface area contributed by atoms with Crippen LogP contribution in [0.3, 0.4) is 0 Å². The minimum Gasteiger partial charge on any atom is -0.464 e. The minimum absolute atomic E-state index is 0.0488. The Bertz CT molecular complexity index is 1060. The Morgan fingerprint density at radius 3 is 2.79 bits per heavy atom. The summed E-state index contributed by atoms with van der Waals surface area (Å²) in [5.74, 6) is 1.72. The van der Waals surface area contributed by atoms with Gasteiger partial charge in [-0.2, -0.15) is 0 Å². The minimum atomic E-state index is -0.0810. The number of carbonyl (C=O) groups excluding carboxylic acids is 1. The molecule has 148 valence electrons. The summed E-state index contributed by atoms with van der Waals surface area (Å²) in [4.78, 5) is 31.7. The maximum absolute atomic E-state index is 12.9. The number of hydrogen-bond donors (Lipinski definition) is 0. The number of rotatable bonds is 7. The van der Waals surface area contributed by atoms with Crippen LogP contribution >= 0.6 is 27.7 Å². The Morgan fingerprint density at radius 1 is 1.32 bits per heavy atom. The average molecular weight is 464 g/mol. The zero-order chi connectivity index (χ0) is 20.3. The van der Waals surface area contributed by atoms with Crippen LogP contribution in [0.4, 0.5) is 0 Å². The van der Waals surface area contributed by atoms with Gasteiger partial charge in [0.25, 0.3) is 5.56 Å². The number of amides is 1. The molecule has 0 unspecified atom stereocenters. The highest BCUT2D eigenvalue weighted by molar-refractivity contribution is 9.10. The quantitative estimate of drug-likeness (QED) is 0.387. The lowest BCUT2D eigenvalue weighted by atomic mass is 10.2. The van der Waals surface area contributed by atoms with Crippen molar-refractivity contribution in [2.24, 2.45) is 0 Å². The molecule has 1 amide bonds. The summed E-state index contributed by atoms with van der Waals surface area (Å²) in [7, 11) is 1.74. The van der Waals surface area contributed by atoms with E-state index >= 15 is 0 Å². The number of benzene rings is 1. The largest absolute Gasteiger partial charge is 0.464 e. The molecule has 2 aromatic heterocycles. The second-order valence-corrected chi connectivity index (χ2v) is 8.42. The van der Waals surface area contributed by atoms with Crippen molar-refractivity contribution in [2.75, 3.05) is 12.8 Å². The molecule has 8 heteroatoms. The van der Waals surface area contributed by atoms with Crippen molar-refractivity contribution >= 4 is 44.5 Å². The predicted molar refractivity (Wildman–Crippen MR) is 115 cm³/mol. The second kappa shape index (κ2) is 8.96. The van der Waals surface area contributed by atoms with Gasteiger partial charge < -0.3 is 9.32 Å². The molecule has 6 nitrogen and oxygen atoms in total. The first kappa shape index (κ1) is 20.7. The average Bonchev–Trinajstić information content (AvgIpc) is 3.07. The number of carbonyl (C=O) groups is 1. The summed E-state index contributed by atoms with van der Waals surface area (Å²) in [5.41, 5.74) is 0.553. The SMILES string of the molecule is CCCn1c(SCC(=O)N(C)Cc2ccc(C)o2)nc2ccc(Br)cc2c1=O. The highest BCUT2D eigenvalue weighted by atomic mass is 79.9. The van der Waals surface area contributed by atoms with Gasteiger partial charge in [0.15, 0.2) is 5.16 Å². The van der Waals surface area contributed by atoms with Crippen LogP contribution in [0.1, 0.15) is 24.9 Å². The topological polar surface area (TPSA) is 68.3 Å². The summed E-state index contributed by atoms with van der Waals surface area (Å²) in [5, 5.41) is 1.14. The van der Waals surface area contributed by atoms with Gasteiger partial charge >= 0.3 is 0 Å². The van der Waals surface area contributed by atoms with Gasteiger partial charge in [-0.25, -0.2) is 4.98 Å². The summed E-state index contributed by atoms with van der Waals surface area (Å²) in [6, 6.07) is 9.21. The van der Waals surface area contributed by atoms with E-state index in [1.807, 2.05) is 38.1 Å². The predicted octanol–water partition coefficient (Wildman–Crippen LogP) is 4.22. The van der Waals surface area contributed by atoms with E-state index in [2.05, 4.69) is 20.9 Å². The molecule has 0 bridgehead atoms. The van der Waals surface area contributed by atoms with Crippen molar-refractivity contribution < 1.29 is 9.21 Å².